The van der Waals surface area contributed by atoms with Crippen molar-refractivity contribution in [2.45, 2.75) is 109 Å². The first-order valence-corrected chi connectivity index (χ1v) is 20.4. The lowest BCUT2D eigenvalue weighted by Crippen LogP contribution is -2.42. The number of fused-ring (bicyclic) bond motifs is 1. The highest BCUT2D eigenvalue weighted by molar-refractivity contribution is 8.15. The number of hydrogen-bond donors (Lipinski definition) is 3. The van der Waals surface area contributed by atoms with Crippen LogP contribution in [0.2, 0.25) is 0 Å². The van der Waals surface area contributed by atoms with Gasteiger partial charge in [-0.25, -0.2) is 0 Å². The fourth-order valence-electron chi connectivity index (χ4n) is 7.37. The number of rotatable bonds is 10. The summed E-state index contributed by atoms with van der Waals surface area (Å²) in [7, 11) is 0. The van der Waals surface area contributed by atoms with Crippen LogP contribution in [-0.2, 0) is 28.9 Å². The molecule has 4 aliphatic rings. The maximum Gasteiger partial charge on any atom is 0.286 e. The van der Waals surface area contributed by atoms with Crippen molar-refractivity contribution in [1.29, 1.82) is 0 Å². The minimum absolute atomic E-state index is 0.189. The van der Waals surface area contributed by atoms with Crippen molar-refractivity contribution in [2.24, 2.45) is 5.41 Å². The van der Waals surface area contributed by atoms with Gasteiger partial charge in [0.25, 0.3) is 10.5 Å². The van der Waals surface area contributed by atoms with Crippen LogP contribution in [0.15, 0.2) is 48.5 Å². The van der Waals surface area contributed by atoms with Crippen LogP contribution in [-0.4, -0.2) is 56.7 Å². The second-order valence-corrected chi connectivity index (χ2v) is 17.8. The molecule has 54 heavy (non-hydrogen) atoms. The molecule has 0 spiro atoms. The molecule has 3 N–H and O–H groups in total. The predicted octanol–water partition coefficient (Wildman–Crippen LogP) is 8.30. The van der Waals surface area contributed by atoms with Gasteiger partial charge in [0.15, 0.2) is 0 Å². The second-order valence-electron chi connectivity index (χ2n) is 15.5. The van der Waals surface area contributed by atoms with Crippen molar-refractivity contribution in [3.05, 3.63) is 81.9 Å². The van der Waals surface area contributed by atoms with E-state index in [-0.39, 0.29) is 32.8 Å². The maximum atomic E-state index is 11.7. The SMILES string of the molecule is CC1(COc2ccc(CC3SC(=O)NC3=O)cc2)CCCCC1.Cc1c(C)c2c(c(C)c1O)CCC(C)(COc1ccc(CC3SC(=O)NC3=O)cc1)O2. The Hall–Kier alpha value is -4.16. The number of hydrogen-bond acceptors (Lipinski definition) is 10. The standard InChI is InChI=1S/C24H27NO5S.C18H23NO3S/c1-13-14(2)21-18(15(3)20(13)26)9-10-24(4,30-21)12-29-17-7-5-16(6-8-17)11-19-22(27)25-23(28)31-19;1-18(9-3-2-4-10-18)12-22-14-7-5-13(6-8-14)11-15-16(20)19-17(21)23-15/h5-8,19,26H,9-12H2,1-4H3,(H,25,27,28);5-8,15H,2-4,9-12H2,1H3,(H,19,20,21). The largest absolute Gasteiger partial charge is 0.507 e. The minimum Gasteiger partial charge on any atom is -0.507 e. The molecule has 3 aromatic rings. The van der Waals surface area contributed by atoms with Crippen LogP contribution in [0.3, 0.4) is 0 Å². The van der Waals surface area contributed by atoms with E-state index >= 15 is 0 Å². The molecule has 3 heterocycles. The molecule has 0 bridgehead atoms. The molecule has 10 nitrogen and oxygen atoms in total. The van der Waals surface area contributed by atoms with Crippen LogP contribution >= 0.6 is 23.5 Å². The number of carbonyl (C=O) groups is 4. The molecular weight excluding hydrogens is 725 g/mol. The van der Waals surface area contributed by atoms with Crippen LogP contribution in [0.5, 0.6) is 23.0 Å². The molecule has 4 amide bonds. The van der Waals surface area contributed by atoms with Crippen molar-refractivity contribution in [3.63, 3.8) is 0 Å². The summed E-state index contributed by atoms with van der Waals surface area (Å²) >= 11 is 2.11. The lowest BCUT2D eigenvalue weighted by atomic mass is 9.76. The number of aromatic hydroxyl groups is 1. The maximum absolute atomic E-state index is 11.7. The van der Waals surface area contributed by atoms with Crippen LogP contribution in [0, 0.1) is 26.2 Å². The first-order valence-electron chi connectivity index (χ1n) is 18.7. The zero-order valence-corrected chi connectivity index (χ0v) is 33.3. The molecule has 0 aromatic heterocycles. The van der Waals surface area contributed by atoms with Gasteiger partial charge < -0.3 is 19.3 Å². The molecule has 3 fully saturated rings. The molecule has 288 valence electrons. The zero-order chi connectivity index (χ0) is 38.6. The Bertz CT molecular complexity index is 1890. The van der Waals surface area contributed by atoms with E-state index < -0.39 is 5.60 Å². The number of ether oxygens (including phenoxy) is 3. The van der Waals surface area contributed by atoms with Gasteiger partial charge in [0.1, 0.15) is 35.2 Å². The quantitative estimate of drug-likeness (QED) is 0.184. The molecule has 0 radical (unpaired) electrons. The van der Waals surface area contributed by atoms with Gasteiger partial charge in [-0.1, -0.05) is 74.0 Å². The second kappa shape index (κ2) is 16.7. The van der Waals surface area contributed by atoms with E-state index in [0.717, 1.165) is 93.6 Å². The van der Waals surface area contributed by atoms with Gasteiger partial charge in [0, 0.05) is 11.0 Å². The van der Waals surface area contributed by atoms with Gasteiger partial charge in [0.2, 0.25) is 11.8 Å². The van der Waals surface area contributed by atoms with E-state index in [1.54, 1.807) is 0 Å². The molecule has 3 atom stereocenters. The van der Waals surface area contributed by atoms with Crippen molar-refractivity contribution >= 4 is 45.8 Å². The highest BCUT2D eigenvalue weighted by Gasteiger charge is 2.36. The highest BCUT2D eigenvalue weighted by Crippen LogP contribution is 2.43. The average Bonchev–Trinajstić information content (AvgIpc) is 3.65. The Balaban J connectivity index is 0.000000193. The summed E-state index contributed by atoms with van der Waals surface area (Å²) in [6.45, 7) is 11.4. The third-order valence-corrected chi connectivity index (χ3v) is 13.0. The van der Waals surface area contributed by atoms with E-state index in [2.05, 4.69) is 17.6 Å². The Labute approximate surface area is 325 Å². The summed E-state index contributed by atoms with van der Waals surface area (Å²) < 4.78 is 18.4. The van der Waals surface area contributed by atoms with Crippen molar-refractivity contribution in [3.8, 4) is 23.0 Å². The summed E-state index contributed by atoms with van der Waals surface area (Å²) in [5.41, 5.74) is 5.66. The number of thioether (sulfide) groups is 2. The monoisotopic (exact) mass is 774 g/mol. The van der Waals surface area contributed by atoms with Gasteiger partial charge in [0.05, 0.1) is 17.1 Å². The Kier molecular flexibility index (Phi) is 12.2. The van der Waals surface area contributed by atoms with Gasteiger partial charge in [-0.15, -0.1) is 0 Å². The van der Waals surface area contributed by atoms with Crippen LogP contribution < -0.4 is 24.8 Å². The molecule has 3 aliphatic heterocycles. The third-order valence-electron chi connectivity index (χ3n) is 11.0. The minimum atomic E-state index is -0.467. The van der Waals surface area contributed by atoms with Gasteiger partial charge in [-0.05, 0) is 118 Å². The summed E-state index contributed by atoms with van der Waals surface area (Å²) in [6.07, 6.45) is 9.14. The van der Waals surface area contributed by atoms with Crippen molar-refractivity contribution < 1.29 is 38.5 Å². The number of carbonyl (C=O) groups excluding carboxylic acids is 4. The number of phenols is 1. The van der Waals surface area contributed by atoms with Gasteiger partial charge in [-0.2, -0.15) is 0 Å². The Morgan fingerprint density at radius 2 is 1.20 bits per heavy atom. The highest BCUT2D eigenvalue weighted by atomic mass is 32.2. The number of benzene rings is 3. The summed E-state index contributed by atoms with van der Waals surface area (Å²) in [5.74, 6) is 2.41. The fourth-order valence-corrected chi connectivity index (χ4v) is 9.09. The Morgan fingerprint density at radius 1 is 0.704 bits per heavy atom. The number of imide groups is 2. The van der Waals surface area contributed by atoms with Gasteiger partial charge in [-0.3, -0.25) is 29.8 Å². The molecular formula is C42H50N2O8S2. The van der Waals surface area contributed by atoms with E-state index in [1.165, 1.54) is 32.1 Å². The van der Waals surface area contributed by atoms with Crippen LogP contribution in [0.1, 0.15) is 85.8 Å². The molecule has 1 aliphatic carbocycles. The van der Waals surface area contributed by atoms with E-state index in [0.29, 0.717) is 30.6 Å². The van der Waals surface area contributed by atoms with E-state index in [4.69, 9.17) is 14.2 Å². The first-order chi connectivity index (χ1) is 25.7. The van der Waals surface area contributed by atoms with E-state index in [9.17, 15) is 24.3 Å². The normalized spacial score (nSPS) is 23.1. The molecule has 3 aromatic carbocycles. The molecule has 1 saturated carbocycles. The molecule has 12 heteroatoms. The summed E-state index contributed by atoms with van der Waals surface area (Å²) in [4.78, 5) is 45.8. The summed E-state index contributed by atoms with van der Waals surface area (Å²) in [6, 6.07) is 15.5. The van der Waals surface area contributed by atoms with Crippen LogP contribution in [0.4, 0.5) is 9.59 Å². The van der Waals surface area contributed by atoms with E-state index in [1.807, 2.05) is 76.2 Å². The molecule has 7 rings (SSSR count). The molecule has 2 saturated heterocycles. The van der Waals surface area contributed by atoms with Crippen LogP contribution in [0.25, 0.3) is 0 Å². The average molecular weight is 775 g/mol. The Morgan fingerprint density at radius 3 is 1.69 bits per heavy atom. The predicted molar refractivity (Wildman–Crippen MR) is 212 cm³/mol. The van der Waals surface area contributed by atoms with Crippen molar-refractivity contribution in [2.75, 3.05) is 13.2 Å². The lowest BCUT2D eigenvalue weighted by molar-refractivity contribution is -0.119. The molecule has 3 unspecified atom stereocenters. The number of nitrogens with one attached hydrogen (secondary N) is 2. The topological polar surface area (TPSA) is 140 Å². The van der Waals surface area contributed by atoms with Gasteiger partial charge >= 0.3 is 0 Å². The fraction of sp³-hybridized carbons (Fsp3) is 0.476. The number of amides is 4. The van der Waals surface area contributed by atoms with Crippen molar-refractivity contribution in [1.82, 2.24) is 10.6 Å². The summed E-state index contributed by atoms with van der Waals surface area (Å²) in [5, 5.41) is 13.8. The first kappa shape index (κ1) is 39.5. The number of phenolic OH excluding ortho intramolecular Hbond substituents is 1. The third kappa shape index (κ3) is 9.55. The zero-order valence-electron chi connectivity index (χ0n) is 31.7. The smallest absolute Gasteiger partial charge is 0.286 e. The lowest BCUT2D eigenvalue weighted by Gasteiger charge is -2.37.